The normalized spacial score (nSPS) is 25.0. The van der Waals surface area contributed by atoms with Gasteiger partial charge in [-0.2, -0.15) is 0 Å². The molecule has 3 saturated carbocycles. The largest absolute Gasteiger partial charge is 0.481 e. The maximum atomic E-state index is 14.1. The van der Waals surface area contributed by atoms with E-state index in [1.165, 1.54) is 6.20 Å². The molecule has 1 aromatic heterocycles. The molecule has 3 aliphatic carbocycles. The Morgan fingerprint density at radius 1 is 0.917 bits per heavy atom. The summed E-state index contributed by atoms with van der Waals surface area (Å²) in [5.74, 6) is -0.457. The zero-order valence-corrected chi connectivity index (χ0v) is 28.8. The number of hydrogen-bond acceptors (Lipinski definition) is 6. The minimum Gasteiger partial charge on any atom is -0.404 e. The first kappa shape index (κ1) is 33.9. The van der Waals surface area contributed by atoms with E-state index in [0.717, 1.165) is 29.5 Å². The van der Waals surface area contributed by atoms with E-state index in [0.29, 0.717) is 29.4 Å². The first-order valence-corrected chi connectivity index (χ1v) is 17.1. The fourth-order valence-electron chi connectivity index (χ4n) is 7.91. The molecule has 2 aromatic carbocycles. The Bertz CT molecular complexity index is 1650. The maximum absolute atomic E-state index is 14.1. The number of rotatable bonds is 11. The fraction of sp³-hybridized carbons (Fsp3) is 0.474. The number of pyridine rings is 1. The minimum absolute atomic E-state index is 0.0282. The molecular formula is C38H47BN4O5. The predicted molar refractivity (Wildman–Crippen MR) is 186 cm³/mol. The van der Waals surface area contributed by atoms with Crippen molar-refractivity contribution in [3.05, 3.63) is 89.7 Å². The van der Waals surface area contributed by atoms with Crippen LogP contribution in [0.1, 0.15) is 80.2 Å². The van der Waals surface area contributed by atoms with Gasteiger partial charge in [0.05, 0.1) is 23.2 Å². The highest BCUT2D eigenvalue weighted by Crippen LogP contribution is 2.65. The summed E-state index contributed by atoms with van der Waals surface area (Å²) < 4.78 is 13.3. The Morgan fingerprint density at radius 3 is 2.33 bits per heavy atom. The fourth-order valence-corrected chi connectivity index (χ4v) is 7.91. The van der Waals surface area contributed by atoms with E-state index in [-0.39, 0.29) is 29.9 Å². The van der Waals surface area contributed by atoms with Crippen molar-refractivity contribution >= 4 is 24.8 Å². The standard InChI is InChI=1S/C38H47BN4O5/c1-23(2)16-33(39-47-32-19-29-18-31(37(29,4)5)38(32,6)48-39)43-36(46)30(22-41-34(44)26-14-12-24(3)13-15-26)42-35(45)28-17-27(20-40-21-28)25-10-8-7-9-11-25/h7-15,17,20-21,23,29-33H,16,18-19,22H2,1-6H3,(H,41,44)(H,42,45)(H,43,46)/t29-,30-,31-,32+,33-,38-/m0/s1. The summed E-state index contributed by atoms with van der Waals surface area (Å²) >= 11 is 0. The van der Waals surface area contributed by atoms with E-state index in [1.54, 1.807) is 24.4 Å². The van der Waals surface area contributed by atoms with Gasteiger partial charge in [0, 0.05) is 30.1 Å². The van der Waals surface area contributed by atoms with Crippen LogP contribution in [0, 0.1) is 30.1 Å². The topological polar surface area (TPSA) is 119 Å². The molecule has 7 rings (SSSR count). The van der Waals surface area contributed by atoms with Crippen LogP contribution in [0.25, 0.3) is 11.1 Å². The lowest BCUT2D eigenvalue weighted by molar-refractivity contribution is -0.199. The van der Waals surface area contributed by atoms with Crippen molar-refractivity contribution in [2.75, 3.05) is 6.54 Å². The average Bonchev–Trinajstić information content (AvgIpc) is 3.44. The Balaban J connectivity index is 1.21. The van der Waals surface area contributed by atoms with E-state index >= 15 is 0 Å². The summed E-state index contributed by atoms with van der Waals surface area (Å²) in [6, 6.07) is 17.5. The first-order valence-electron chi connectivity index (χ1n) is 17.1. The van der Waals surface area contributed by atoms with E-state index < -0.39 is 36.5 Å². The molecule has 3 amide bonds. The molecule has 10 heteroatoms. The van der Waals surface area contributed by atoms with Gasteiger partial charge in [-0.05, 0) is 80.0 Å². The van der Waals surface area contributed by atoms with E-state index in [9.17, 15) is 14.4 Å². The van der Waals surface area contributed by atoms with E-state index in [4.69, 9.17) is 9.31 Å². The lowest BCUT2D eigenvalue weighted by Crippen LogP contribution is -2.65. The quantitative estimate of drug-likeness (QED) is 0.240. The van der Waals surface area contributed by atoms with Crippen LogP contribution in [0.2, 0.25) is 0 Å². The van der Waals surface area contributed by atoms with Crippen LogP contribution < -0.4 is 16.0 Å². The van der Waals surface area contributed by atoms with Gasteiger partial charge in [0.25, 0.3) is 11.8 Å². The summed E-state index contributed by atoms with van der Waals surface area (Å²) in [4.78, 5) is 45.1. The highest BCUT2D eigenvalue weighted by Gasteiger charge is 2.68. The molecule has 9 nitrogen and oxygen atoms in total. The third-order valence-electron chi connectivity index (χ3n) is 10.9. The van der Waals surface area contributed by atoms with Crippen molar-refractivity contribution in [2.24, 2.45) is 23.2 Å². The third kappa shape index (κ3) is 6.78. The number of benzene rings is 2. The van der Waals surface area contributed by atoms with Gasteiger partial charge in [0.2, 0.25) is 5.91 Å². The molecule has 1 aliphatic heterocycles. The van der Waals surface area contributed by atoms with Crippen LogP contribution in [0.15, 0.2) is 73.1 Å². The van der Waals surface area contributed by atoms with Gasteiger partial charge in [-0.15, -0.1) is 0 Å². The van der Waals surface area contributed by atoms with Gasteiger partial charge in [-0.25, -0.2) is 0 Å². The molecule has 0 spiro atoms. The summed E-state index contributed by atoms with van der Waals surface area (Å²) in [6.07, 6.45) is 5.83. The van der Waals surface area contributed by atoms with Crippen molar-refractivity contribution < 1.29 is 23.7 Å². The van der Waals surface area contributed by atoms with Crippen molar-refractivity contribution in [3.8, 4) is 11.1 Å². The van der Waals surface area contributed by atoms with Crippen molar-refractivity contribution in [1.82, 2.24) is 20.9 Å². The number of aryl methyl sites for hydroxylation is 1. The molecule has 4 aliphatic rings. The first-order chi connectivity index (χ1) is 22.8. The van der Waals surface area contributed by atoms with Crippen molar-refractivity contribution in [1.29, 1.82) is 0 Å². The molecule has 4 fully saturated rings. The third-order valence-corrected chi connectivity index (χ3v) is 10.9. The molecule has 3 aromatic rings. The van der Waals surface area contributed by atoms with Crippen molar-refractivity contribution in [2.45, 2.75) is 84.5 Å². The number of amides is 3. The van der Waals surface area contributed by atoms with Gasteiger partial charge < -0.3 is 25.3 Å². The summed E-state index contributed by atoms with van der Waals surface area (Å²) in [5.41, 5.74) is 3.27. The molecule has 1 saturated heterocycles. The second-order valence-electron chi connectivity index (χ2n) is 15.0. The lowest BCUT2D eigenvalue weighted by atomic mass is 9.43. The molecule has 0 unspecified atom stereocenters. The molecule has 48 heavy (non-hydrogen) atoms. The summed E-state index contributed by atoms with van der Waals surface area (Å²) in [6.45, 7) is 12.8. The van der Waals surface area contributed by atoms with Crippen molar-refractivity contribution in [3.63, 3.8) is 0 Å². The molecule has 2 heterocycles. The minimum atomic E-state index is -1.08. The number of aromatic nitrogens is 1. The summed E-state index contributed by atoms with van der Waals surface area (Å²) in [7, 11) is -0.619. The highest BCUT2D eigenvalue weighted by atomic mass is 16.7. The zero-order valence-electron chi connectivity index (χ0n) is 28.8. The lowest BCUT2D eigenvalue weighted by Gasteiger charge is -2.64. The van der Waals surface area contributed by atoms with Crippen LogP contribution in [0.5, 0.6) is 0 Å². The van der Waals surface area contributed by atoms with Gasteiger partial charge in [0.15, 0.2) is 0 Å². The second-order valence-corrected chi connectivity index (χ2v) is 15.0. The Kier molecular flexibility index (Phi) is 9.51. The molecule has 6 atom stereocenters. The van der Waals surface area contributed by atoms with Gasteiger partial charge in [0.1, 0.15) is 6.04 Å². The van der Waals surface area contributed by atoms with Gasteiger partial charge in [-0.1, -0.05) is 75.7 Å². The van der Waals surface area contributed by atoms with E-state index in [1.807, 2.05) is 49.4 Å². The summed E-state index contributed by atoms with van der Waals surface area (Å²) in [5, 5.41) is 8.88. The predicted octanol–water partition coefficient (Wildman–Crippen LogP) is 5.38. The number of carbonyl (C=O) groups excluding carboxylic acids is 3. The average molecular weight is 651 g/mol. The molecule has 252 valence electrons. The number of nitrogens with one attached hydrogen (secondary N) is 3. The molecule has 0 radical (unpaired) electrons. The monoisotopic (exact) mass is 650 g/mol. The van der Waals surface area contributed by atoms with Gasteiger partial charge >= 0.3 is 7.12 Å². The van der Waals surface area contributed by atoms with Crippen LogP contribution >= 0.6 is 0 Å². The Labute approximate surface area is 284 Å². The molecular weight excluding hydrogens is 603 g/mol. The zero-order chi connectivity index (χ0) is 34.2. The van der Waals surface area contributed by atoms with Crippen LogP contribution in [-0.4, -0.2) is 60.1 Å². The van der Waals surface area contributed by atoms with Gasteiger partial charge in [-0.3, -0.25) is 19.4 Å². The second kappa shape index (κ2) is 13.5. The van der Waals surface area contributed by atoms with Crippen LogP contribution in [0.3, 0.4) is 0 Å². The number of nitrogens with zero attached hydrogens (tertiary/aromatic N) is 1. The number of carbonyl (C=O) groups is 3. The smallest absolute Gasteiger partial charge is 0.404 e. The van der Waals surface area contributed by atoms with Crippen LogP contribution in [0.4, 0.5) is 0 Å². The van der Waals surface area contributed by atoms with E-state index in [2.05, 4.69) is 55.6 Å². The Hall–Kier alpha value is -4.02. The maximum Gasteiger partial charge on any atom is 0.481 e. The number of hydrogen-bond donors (Lipinski definition) is 3. The Morgan fingerprint density at radius 2 is 1.65 bits per heavy atom. The molecule has 3 N–H and O–H groups in total. The molecule has 2 bridgehead atoms. The SMILES string of the molecule is Cc1ccc(C(=O)NC[C@H](NC(=O)c2cncc(-c3ccccc3)c2)C(=O)N[C@@H](CC(C)C)B2O[C@@H]3C[C@@H]4C[C@@H](C4(C)C)[C@]3(C)O2)cc1. The highest BCUT2D eigenvalue weighted by molar-refractivity contribution is 6.48. The van der Waals surface area contributed by atoms with Crippen LogP contribution in [-0.2, 0) is 14.1 Å².